The second-order valence-corrected chi connectivity index (χ2v) is 9.16. The van der Waals surface area contributed by atoms with Gasteiger partial charge in [0.05, 0.1) is 11.3 Å². The number of aryl methyl sites for hydroxylation is 1. The first-order valence-electron chi connectivity index (χ1n) is 10.9. The van der Waals surface area contributed by atoms with Gasteiger partial charge in [-0.2, -0.15) is 0 Å². The summed E-state index contributed by atoms with van der Waals surface area (Å²) in [7, 11) is 0. The number of amides is 1. The van der Waals surface area contributed by atoms with E-state index >= 15 is 0 Å². The van der Waals surface area contributed by atoms with Gasteiger partial charge in [-0.25, -0.2) is 0 Å². The van der Waals surface area contributed by atoms with Crippen molar-refractivity contribution in [3.05, 3.63) is 29.1 Å². The molecular formula is C23H37N3O. The molecule has 2 saturated heterocycles. The van der Waals surface area contributed by atoms with E-state index in [0.29, 0.717) is 5.92 Å². The number of carbonyl (C=O) groups is 1. The topological polar surface area (TPSA) is 36.4 Å². The monoisotopic (exact) mass is 371 g/mol. The number of carbonyl (C=O) groups excluding carboxylic acids is 1. The van der Waals surface area contributed by atoms with Gasteiger partial charge < -0.3 is 9.80 Å². The summed E-state index contributed by atoms with van der Waals surface area (Å²) in [6.45, 7) is 14.1. The quantitative estimate of drug-likeness (QED) is 0.765. The highest BCUT2D eigenvalue weighted by molar-refractivity contribution is 5.95. The van der Waals surface area contributed by atoms with Crippen molar-refractivity contribution in [2.24, 2.45) is 11.8 Å². The molecule has 3 heterocycles. The molecule has 4 heteroatoms. The second-order valence-electron chi connectivity index (χ2n) is 9.16. The van der Waals surface area contributed by atoms with Gasteiger partial charge in [0.1, 0.15) is 0 Å². The molecular weight excluding hydrogens is 334 g/mol. The van der Waals surface area contributed by atoms with Crippen LogP contribution in [0.5, 0.6) is 0 Å². The molecule has 0 aromatic carbocycles. The Morgan fingerprint density at radius 2 is 1.78 bits per heavy atom. The highest BCUT2D eigenvalue weighted by Gasteiger charge is 2.29. The minimum absolute atomic E-state index is 0.201. The zero-order chi connectivity index (χ0) is 19.4. The van der Waals surface area contributed by atoms with Crippen LogP contribution in [0.25, 0.3) is 0 Å². The number of piperidine rings is 2. The molecule has 1 aromatic rings. The van der Waals surface area contributed by atoms with Crippen LogP contribution in [-0.4, -0.2) is 53.4 Å². The van der Waals surface area contributed by atoms with Gasteiger partial charge >= 0.3 is 0 Å². The third kappa shape index (κ3) is 5.31. The zero-order valence-electron chi connectivity index (χ0n) is 17.7. The molecule has 150 valence electrons. The predicted octanol–water partition coefficient (Wildman–Crippen LogP) is 4.49. The van der Waals surface area contributed by atoms with Crippen LogP contribution in [0, 0.1) is 18.8 Å². The maximum absolute atomic E-state index is 13.2. The van der Waals surface area contributed by atoms with Crippen LogP contribution in [0.4, 0.5) is 0 Å². The van der Waals surface area contributed by atoms with E-state index in [2.05, 4.69) is 25.7 Å². The molecule has 0 aliphatic carbocycles. The van der Waals surface area contributed by atoms with Crippen LogP contribution in [-0.2, 0) is 0 Å². The minimum Gasteiger partial charge on any atom is -0.339 e. The summed E-state index contributed by atoms with van der Waals surface area (Å²) in [6, 6.07) is 4.03. The molecule has 0 atom stereocenters. The maximum Gasteiger partial charge on any atom is 0.255 e. The minimum atomic E-state index is 0.201. The molecule has 0 bridgehead atoms. The number of pyridine rings is 1. The third-order valence-corrected chi connectivity index (χ3v) is 6.36. The van der Waals surface area contributed by atoms with Gasteiger partial charge in [0.15, 0.2) is 0 Å². The van der Waals surface area contributed by atoms with Gasteiger partial charge in [0.25, 0.3) is 5.91 Å². The van der Waals surface area contributed by atoms with Crippen molar-refractivity contribution in [3.63, 3.8) is 0 Å². The molecule has 4 nitrogen and oxygen atoms in total. The van der Waals surface area contributed by atoms with Gasteiger partial charge in [0.2, 0.25) is 0 Å². The van der Waals surface area contributed by atoms with Crippen molar-refractivity contribution >= 4 is 5.91 Å². The fourth-order valence-corrected chi connectivity index (χ4v) is 4.32. The number of likely N-dealkylation sites (tertiary alicyclic amines) is 2. The van der Waals surface area contributed by atoms with E-state index in [0.717, 1.165) is 80.6 Å². The van der Waals surface area contributed by atoms with Crippen molar-refractivity contribution in [1.82, 2.24) is 14.8 Å². The second kappa shape index (κ2) is 9.18. The van der Waals surface area contributed by atoms with E-state index < -0.39 is 0 Å². The van der Waals surface area contributed by atoms with E-state index in [1.165, 1.54) is 13.0 Å². The Balaban J connectivity index is 1.69. The Morgan fingerprint density at radius 3 is 2.41 bits per heavy atom. The molecule has 0 N–H and O–H groups in total. The van der Waals surface area contributed by atoms with Crippen molar-refractivity contribution in [3.8, 4) is 0 Å². The van der Waals surface area contributed by atoms with Crippen LogP contribution in [0.1, 0.15) is 80.5 Å². The summed E-state index contributed by atoms with van der Waals surface area (Å²) in [5.41, 5.74) is 2.94. The predicted molar refractivity (Wildman–Crippen MR) is 111 cm³/mol. The number of rotatable bonds is 5. The van der Waals surface area contributed by atoms with Gasteiger partial charge in [-0.3, -0.25) is 9.78 Å². The van der Waals surface area contributed by atoms with Crippen LogP contribution in [0.2, 0.25) is 0 Å². The lowest BCUT2D eigenvalue weighted by Crippen LogP contribution is -2.39. The number of nitrogens with zero attached hydrogens (tertiary/aromatic N) is 3. The van der Waals surface area contributed by atoms with E-state index in [1.807, 2.05) is 24.0 Å². The Kier molecular flexibility index (Phi) is 6.91. The molecule has 0 saturated carbocycles. The third-order valence-electron chi connectivity index (χ3n) is 6.36. The van der Waals surface area contributed by atoms with Gasteiger partial charge in [-0.1, -0.05) is 20.8 Å². The molecule has 27 heavy (non-hydrogen) atoms. The molecule has 0 spiro atoms. The number of hydrogen-bond acceptors (Lipinski definition) is 3. The molecule has 2 aliphatic rings. The zero-order valence-corrected chi connectivity index (χ0v) is 17.7. The van der Waals surface area contributed by atoms with Gasteiger partial charge in [-0.05, 0) is 82.6 Å². The Labute approximate surface area is 165 Å². The number of aromatic nitrogens is 1. The fraction of sp³-hybridized carbons (Fsp3) is 0.739. The Morgan fingerprint density at radius 1 is 1.11 bits per heavy atom. The average Bonchev–Trinajstić information content (AvgIpc) is 2.67. The molecule has 0 unspecified atom stereocenters. The van der Waals surface area contributed by atoms with Crippen molar-refractivity contribution < 1.29 is 4.79 Å². The molecule has 2 aliphatic heterocycles. The lowest BCUT2D eigenvalue weighted by Gasteiger charge is -2.34. The first kappa shape index (κ1) is 20.3. The SMILES string of the molecule is Cc1ccc(C(=O)N2CCC(C)CC2)c(C2CCN(CCC(C)C)CC2)n1. The lowest BCUT2D eigenvalue weighted by molar-refractivity contribution is 0.0694. The fourth-order valence-electron chi connectivity index (χ4n) is 4.32. The first-order valence-corrected chi connectivity index (χ1v) is 10.9. The van der Waals surface area contributed by atoms with E-state index in [-0.39, 0.29) is 5.91 Å². The standard InChI is InChI=1S/C23H37N3O/c1-17(2)7-12-25-13-10-20(11-14-25)22-21(6-5-19(4)24-22)23(27)26-15-8-18(3)9-16-26/h5-6,17-18,20H,7-16H2,1-4H3. The number of hydrogen-bond donors (Lipinski definition) is 0. The smallest absolute Gasteiger partial charge is 0.255 e. The summed E-state index contributed by atoms with van der Waals surface area (Å²) < 4.78 is 0. The van der Waals surface area contributed by atoms with E-state index in [1.54, 1.807) is 0 Å². The molecule has 1 amide bonds. The highest BCUT2D eigenvalue weighted by atomic mass is 16.2. The van der Waals surface area contributed by atoms with Crippen LogP contribution in [0.3, 0.4) is 0 Å². The van der Waals surface area contributed by atoms with Crippen LogP contribution >= 0.6 is 0 Å². The van der Waals surface area contributed by atoms with Crippen LogP contribution < -0.4 is 0 Å². The summed E-state index contributed by atoms with van der Waals surface area (Å²) >= 11 is 0. The van der Waals surface area contributed by atoms with E-state index in [9.17, 15) is 4.79 Å². The summed E-state index contributed by atoms with van der Waals surface area (Å²) in [5.74, 6) is 2.12. The molecule has 1 aromatic heterocycles. The maximum atomic E-state index is 13.2. The Bertz CT molecular complexity index is 627. The lowest BCUT2D eigenvalue weighted by atomic mass is 9.89. The highest BCUT2D eigenvalue weighted by Crippen LogP contribution is 2.31. The summed E-state index contributed by atoms with van der Waals surface area (Å²) in [5, 5.41) is 0. The average molecular weight is 372 g/mol. The van der Waals surface area contributed by atoms with E-state index in [4.69, 9.17) is 4.98 Å². The molecule has 3 rings (SSSR count). The largest absolute Gasteiger partial charge is 0.339 e. The van der Waals surface area contributed by atoms with Crippen molar-refractivity contribution in [2.75, 3.05) is 32.7 Å². The molecule has 0 radical (unpaired) electrons. The summed E-state index contributed by atoms with van der Waals surface area (Å²) in [6.07, 6.45) is 5.74. The first-order chi connectivity index (χ1) is 12.9. The van der Waals surface area contributed by atoms with Crippen LogP contribution in [0.15, 0.2) is 12.1 Å². The Hall–Kier alpha value is -1.42. The van der Waals surface area contributed by atoms with Crippen molar-refractivity contribution in [2.45, 2.75) is 65.7 Å². The van der Waals surface area contributed by atoms with Gasteiger partial charge in [-0.15, -0.1) is 0 Å². The normalized spacial score (nSPS) is 20.4. The van der Waals surface area contributed by atoms with Gasteiger partial charge in [0, 0.05) is 24.7 Å². The van der Waals surface area contributed by atoms with Crippen molar-refractivity contribution in [1.29, 1.82) is 0 Å². The molecule has 2 fully saturated rings. The summed E-state index contributed by atoms with van der Waals surface area (Å²) in [4.78, 5) is 22.7.